The van der Waals surface area contributed by atoms with Crippen LogP contribution in [0.2, 0.25) is 0 Å². The van der Waals surface area contributed by atoms with Crippen molar-refractivity contribution in [3.63, 3.8) is 0 Å². The lowest BCUT2D eigenvalue weighted by atomic mass is 10.3. The lowest BCUT2D eigenvalue weighted by molar-refractivity contribution is -0.0100. The van der Waals surface area contributed by atoms with Crippen LogP contribution >= 0.6 is 0 Å². The van der Waals surface area contributed by atoms with Crippen LogP contribution in [0.4, 0.5) is 0 Å². The summed E-state index contributed by atoms with van der Waals surface area (Å²) in [6.45, 7) is 8.70. The summed E-state index contributed by atoms with van der Waals surface area (Å²) >= 11 is 0. The maximum atomic E-state index is 9.65. The summed E-state index contributed by atoms with van der Waals surface area (Å²) in [5, 5.41) is 12.8. The van der Waals surface area contributed by atoms with Crippen molar-refractivity contribution in [3.8, 4) is 0 Å². The first kappa shape index (κ1) is 19.8. The van der Waals surface area contributed by atoms with Gasteiger partial charge in [-0.15, -0.1) is 0 Å². The van der Waals surface area contributed by atoms with Gasteiger partial charge in [-0.1, -0.05) is 0 Å². The Morgan fingerprint density at radius 2 is 1.75 bits per heavy atom. The first-order chi connectivity index (χ1) is 9.66. The minimum Gasteiger partial charge on any atom is -0.389 e. The minimum absolute atomic E-state index is 0.219. The van der Waals surface area contributed by atoms with Crippen LogP contribution in [-0.4, -0.2) is 77.2 Å². The van der Waals surface area contributed by atoms with E-state index in [-0.39, 0.29) is 6.10 Å². The van der Waals surface area contributed by atoms with Crippen LogP contribution in [-0.2, 0) is 18.9 Å². The van der Waals surface area contributed by atoms with Gasteiger partial charge in [0.15, 0.2) is 0 Å². The summed E-state index contributed by atoms with van der Waals surface area (Å²) in [4.78, 5) is 0. The van der Waals surface area contributed by atoms with E-state index >= 15 is 0 Å². The number of hydrogen-bond donors (Lipinski definition) is 2. The summed E-state index contributed by atoms with van der Waals surface area (Å²) in [6, 6.07) is 0. The molecule has 0 aromatic heterocycles. The third-order valence-corrected chi connectivity index (χ3v) is 2.44. The third-order valence-electron chi connectivity index (χ3n) is 2.44. The predicted molar refractivity (Wildman–Crippen MR) is 78.1 cm³/mol. The number of methoxy groups -OCH3 is 1. The van der Waals surface area contributed by atoms with Crippen LogP contribution in [0.25, 0.3) is 0 Å². The SMILES string of the molecule is COCCOCCCNCC(O)COCCOC(C)C. The Hall–Kier alpha value is -0.240. The van der Waals surface area contributed by atoms with E-state index in [0.29, 0.717) is 46.2 Å². The molecule has 0 aliphatic rings. The second-order valence-electron chi connectivity index (χ2n) is 4.81. The first-order valence-electron chi connectivity index (χ1n) is 7.31. The Balaban J connectivity index is 3.14. The molecule has 0 aromatic rings. The van der Waals surface area contributed by atoms with Crippen LogP contribution in [0.5, 0.6) is 0 Å². The van der Waals surface area contributed by atoms with Gasteiger partial charge >= 0.3 is 0 Å². The molecule has 122 valence electrons. The molecule has 6 nitrogen and oxygen atoms in total. The number of nitrogens with one attached hydrogen (secondary N) is 1. The van der Waals surface area contributed by atoms with Crippen molar-refractivity contribution >= 4 is 0 Å². The average Bonchev–Trinajstić information content (AvgIpc) is 2.41. The average molecular weight is 293 g/mol. The molecule has 0 aromatic carbocycles. The normalized spacial score (nSPS) is 13.1. The fraction of sp³-hybridized carbons (Fsp3) is 1.00. The molecule has 0 heterocycles. The Kier molecular flexibility index (Phi) is 15.0. The minimum atomic E-state index is -0.483. The standard InChI is InChI=1S/C14H31NO5/c1-13(2)20-10-9-19-12-14(16)11-15-5-4-6-18-8-7-17-3/h13-16H,4-12H2,1-3H3. The number of ether oxygens (including phenoxy) is 4. The van der Waals surface area contributed by atoms with Gasteiger partial charge in [0.25, 0.3) is 0 Å². The van der Waals surface area contributed by atoms with Gasteiger partial charge in [0.2, 0.25) is 0 Å². The lowest BCUT2D eigenvalue weighted by Gasteiger charge is -2.13. The van der Waals surface area contributed by atoms with Crippen molar-refractivity contribution in [2.45, 2.75) is 32.5 Å². The Morgan fingerprint density at radius 1 is 1.00 bits per heavy atom. The molecule has 2 N–H and O–H groups in total. The monoisotopic (exact) mass is 293 g/mol. The van der Waals surface area contributed by atoms with Gasteiger partial charge in [-0.05, 0) is 26.8 Å². The second kappa shape index (κ2) is 15.2. The van der Waals surface area contributed by atoms with Crippen LogP contribution in [0.1, 0.15) is 20.3 Å². The molecule has 0 fully saturated rings. The van der Waals surface area contributed by atoms with Crippen molar-refractivity contribution < 1.29 is 24.1 Å². The molecular weight excluding hydrogens is 262 g/mol. The lowest BCUT2D eigenvalue weighted by Crippen LogP contribution is -2.31. The highest BCUT2D eigenvalue weighted by molar-refractivity contribution is 4.58. The van der Waals surface area contributed by atoms with Gasteiger partial charge in [0, 0.05) is 20.3 Å². The predicted octanol–water partition coefficient (Wildman–Crippen LogP) is 0.432. The molecule has 0 aliphatic heterocycles. The molecule has 0 amide bonds. The van der Waals surface area contributed by atoms with E-state index in [1.807, 2.05) is 13.8 Å². The van der Waals surface area contributed by atoms with Gasteiger partial charge in [0.05, 0.1) is 45.2 Å². The van der Waals surface area contributed by atoms with E-state index in [0.717, 1.165) is 13.0 Å². The first-order valence-corrected chi connectivity index (χ1v) is 7.31. The van der Waals surface area contributed by atoms with Gasteiger partial charge in [-0.3, -0.25) is 0 Å². The zero-order valence-electron chi connectivity index (χ0n) is 13.1. The Bertz CT molecular complexity index is 192. The van der Waals surface area contributed by atoms with Crippen LogP contribution < -0.4 is 5.32 Å². The maximum Gasteiger partial charge on any atom is 0.0897 e. The maximum absolute atomic E-state index is 9.65. The van der Waals surface area contributed by atoms with Gasteiger partial charge in [-0.2, -0.15) is 0 Å². The largest absolute Gasteiger partial charge is 0.389 e. The molecule has 0 saturated carbocycles. The molecule has 20 heavy (non-hydrogen) atoms. The van der Waals surface area contributed by atoms with Gasteiger partial charge in [0.1, 0.15) is 0 Å². The number of rotatable bonds is 15. The smallest absolute Gasteiger partial charge is 0.0897 e. The van der Waals surface area contributed by atoms with Gasteiger partial charge < -0.3 is 29.4 Å². The summed E-state index contributed by atoms with van der Waals surface area (Å²) in [6.07, 6.45) is 0.652. The molecule has 0 saturated heterocycles. The van der Waals surface area contributed by atoms with Crippen molar-refractivity contribution in [1.82, 2.24) is 5.32 Å². The van der Waals surface area contributed by atoms with Crippen molar-refractivity contribution in [2.24, 2.45) is 0 Å². The molecule has 0 radical (unpaired) electrons. The zero-order valence-corrected chi connectivity index (χ0v) is 13.1. The number of aliphatic hydroxyl groups excluding tert-OH is 1. The quantitative estimate of drug-likeness (QED) is 0.427. The van der Waals surface area contributed by atoms with Crippen molar-refractivity contribution in [2.75, 3.05) is 59.8 Å². The van der Waals surface area contributed by atoms with Crippen LogP contribution in [0, 0.1) is 0 Å². The highest BCUT2D eigenvalue weighted by Gasteiger charge is 2.03. The van der Waals surface area contributed by atoms with Crippen molar-refractivity contribution in [3.05, 3.63) is 0 Å². The van der Waals surface area contributed by atoms with Crippen LogP contribution in [0.15, 0.2) is 0 Å². The summed E-state index contributed by atoms with van der Waals surface area (Å²) in [5.41, 5.74) is 0. The number of aliphatic hydroxyl groups is 1. The molecule has 0 aliphatic carbocycles. The van der Waals surface area contributed by atoms with Gasteiger partial charge in [-0.25, -0.2) is 0 Å². The third kappa shape index (κ3) is 15.8. The second-order valence-corrected chi connectivity index (χ2v) is 4.81. The summed E-state index contributed by atoms with van der Waals surface area (Å²) in [7, 11) is 1.66. The highest BCUT2D eigenvalue weighted by Crippen LogP contribution is 1.89. The molecule has 1 unspecified atom stereocenters. The van der Waals surface area contributed by atoms with E-state index < -0.39 is 6.10 Å². The molecule has 0 spiro atoms. The fourth-order valence-electron chi connectivity index (χ4n) is 1.43. The molecular formula is C14H31NO5. The van der Waals surface area contributed by atoms with Crippen LogP contribution in [0.3, 0.4) is 0 Å². The zero-order chi connectivity index (χ0) is 15.1. The summed E-state index contributed by atoms with van der Waals surface area (Å²) < 4.78 is 20.8. The molecule has 1 atom stereocenters. The van der Waals surface area contributed by atoms with E-state index in [2.05, 4.69) is 5.32 Å². The number of hydrogen-bond acceptors (Lipinski definition) is 6. The Morgan fingerprint density at radius 3 is 2.45 bits per heavy atom. The topological polar surface area (TPSA) is 69.2 Å². The highest BCUT2D eigenvalue weighted by atomic mass is 16.5. The van der Waals surface area contributed by atoms with E-state index in [4.69, 9.17) is 18.9 Å². The summed E-state index contributed by atoms with van der Waals surface area (Å²) in [5.74, 6) is 0. The molecule has 0 bridgehead atoms. The fourth-order valence-corrected chi connectivity index (χ4v) is 1.43. The Labute approximate surface area is 122 Å². The van der Waals surface area contributed by atoms with E-state index in [1.54, 1.807) is 7.11 Å². The molecule has 6 heteroatoms. The van der Waals surface area contributed by atoms with Crippen molar-refractivity contribution in [1.29, 1.82) is 0 Å². The van der Waals surface area contributed by atoms with E-state index in [9.17, 15) is 5.11 Å². The van der Waals surface area contributed by atoms with E-state index in [1.165, 1.54) is 0 Å². The molecule has 0 rings (SSSR count).